The molecule has 0 amide bonds. The van der Waals surface area contributed by atoms with E-state index in [4.69, 9.17) is 31.9 Å². The van der Waals surface area contributed by atoms with Crippen LogP contribution in [0.4, 0.5) is 17.8 Å². The summed E-state index contributed by atoms with van der Waals surface area (Å²) in [6.07, 6.45) is 0. The normalized spacial score (nSPS) is 8.57. The zero-order valence-corrected chi connectivity index (χ0v) is 9.30. The topological polar surface area (TPSA) is 183 Å². The molecule has 0 aromatic carbocycles. The summed E-state index contributed by atoms with van der Waals surface area (Å²) in [6.45, 7) is 0. The Bertz CT molecular complexity index is 221. The van der Waals surface area contributed by atoms with E-state index in [1.165, 1.54) is 0 Å². The van der Waals surface area contributed by atoms with Gasteiger partial charge in [-0.2, -0.15) is 23.6 Å². The predicted octanol–water partition coefficient (Wildman–Crippen LogP) is -3.84. The third-order valence-corrected chi connectivity index (χ3v) is 0.687. The quantitative estimate of drug-likeness (QED) is 0.256. The molecule has 0 fully saturated rings. The summed E-state index contributed by atoms with van der Waals surface area (Å²) in [6, 6.07) is 0. The Kier molecular flexibility index (Phi) is 8.94. The molecule has 0 atom stereocenters. The average Bonchev–Trinajstić information content (AvgIpc) is 1.80. The molecule has 0 aliphatic heterocycles. The van der Waals surface area contributed by atoms with Crippen molar-refractivity contribution in [2.24, 2.45) is 0 Å². The van der Waals surface area contributed by atoms with E-state index in [1.807, 2.05) is 0 Å². The monoisotopic (exact) mass is 230 g/mol. The maximum absolute atomic E-state index is 8.59. The van der Waals surface area contributed by atoms with Crippen LogP contribution in [0.1, 0.15) is 0 Å². The Labute approximate surface area is 96.5 Å². The van der Waals surface area contributed by atoms with Crippen LogP contribution in [0.25, 0.3) is 0 Å². The van der Waals surface area contributed by atoms with E-state index in [1.54, 1.807) is 0 Å². The summed E-state index contributed by atoms with van der Waals surface area (Å²) in [5, 5.41) is 0. The first-order chi connectivity index (χ1) is 5.91. The minimum atomic E-state index is -3.12. The van der Waals surface area contributed by atoms with Crippen molar-refractivity contribution < 1.29 is 14.7 Å². The number of hydrogen-bond acceptors (Lipinski definition) is 9. The van der Waals surface area contributed by atoms with Crippen LogP contribution in [0.3, 0.4) is 0 Å². The molecule has 0 aliphatic carbocycles. The molecule has 1 rings (SSSR count). The van der Waals surface area contributed by atoms with Crippen molar-refractivity contribution in [2.45, 2.75) is 0 Å². The number of nitrogen functional groups attached to an aromatic ring is 3. The second-order valence-corrected chi connectivity index (χ2v) is 2.12. The number of anilines is 3. The maximum atomic E-state index is 8.59. The molecule has 0 radical (unpaired) electrons. The molecule has 0 aliphatic rings. The van der Waals surface area contributed by atoms with Crippen LogP contribution in [-0.2, 0) is 0 Å². The van der Waals surface area contributed by atoms with Gasteiger partial charge in [0, 0.05) is 0 Å². The number of nitrogens with two attached hydrogens (primary N) is 3. The fourth-order valence-electron chi connectivity index (χ4n) is 0.427. The van der Waals surface area contributed by atoms with Gasteiger partial charge in [0.25, 0.3) is 0 Å². The zero-order chi connectivity index (χ0) is 10.4. The van der Waals surface area contributed by atoms with Crippen LogP contribution in [0.5, 0.6) is 0 Å². The van der Waals surface area contributed by atoms with Gasteiger partial charge in [0.15, 0.2) is 0 Å². The third kappa shape index (κ3) is 9.57. The van der Waals surface area contributed by atoms with Crippen LogP contribution < -0.4 is 27.0 Å². The largest absolute Gasteiger partial charge is 2.00 e. The summed E-state index contributed by atoms with van der Waals surface area (Å²) in [4.78, 5) is 34.7. The predicted molar refractivity (Wildman–Crippen MR) is 48.0 cm³/mol. The summed E-state index contributed by atoms with van der Waals surface area (Å²) in [7, 11) is -3.12. The molecule has 11 heteroatoms. The van der Waals surface area contributed by atoms with E-state index < -0.39 is 8.60 Å². The van der Waals surface area contributed by atoms with E-state index in [0.29, 0.717) is 0 Å². The molecule has 0 unspecified atom stereocenters. The van der Waals surface area contributed by atoms with Gasteiger partial charge >= 0.3 is 23.1 Å². The molecule has 1 aromatic heterocycles. The van der Waals surface area contributed by atoms with Crippen molar-refractivity contribution in [1.29, 1.82) is 0 Å². The molecule has 0 saturated carbocycles. The van der Waals surface area contributed by atoms with Gasteiger partial charge in [0.2, 0.25) is 17.8 Å². The fourth-order valence-corrected chi connectivity index (χ4v) is 0.427. The number of hydrogen-bond donors (Lipinski definition) is 4. The molecule has 0 spiro atoms. The van der Waals surface area contributed by atoms with Gasteiger partial charge in [-0.1, -0.05) is 0 Å². The second kappa shape index (κ2) is 7.85. The minimum Gasteiger partial charge on any atom is -0.820 e. The van der Waals surface area contributed by atoms with Crippen molar-refractivity contribution in [3.63, 3.8) is 0 Å². The standard InChI is InChI=1S/C3H6N6.Mg.HO3P/c4-1-7-2(5)9-3(6)8-1;;1-4(2)3/h(H6,4,5,6,7,8,9);;1H/q;+2;-2. The van der Waals surface area contributed by atoms with Crippen molar-refractivity contribution in [2.75, 3.05) is 17.2 Å². The van der Waals surface area contributed by atoms with Crippen LogP contribution in [0.2, 0.25) is 0 Å². The smallest absolute Gasteiger partial charge is 0.820 e. The molecule has 1 heterocycles. The van der Waals surface area contributed by atoms with Gasteiger partial charge < -0.3 is 31.9 Å². The Morgan fingerprint density at radius 1 is 0.929 bits per heavy atom. The molecular weight excluding hydrogens is 223 g/mol. The first-order valence-corrected chi connectivity index (χ1v) is 3.90. The number of rotatable bonds is 0. The molecule has 14 heavy (non-hydrogen) atoms. The molecule has 7 N–H and O–H groups in total. The molecule has 0 saturated heterocycles. The van der Waals surface area contributed by atoms with Gasteiger partial charge in [0.05, 0.1) is 0 Å². The SMILES string of the molecule is Nc1nc(N)nc(N)n1.[Mg+2].[O-]P([O-])O. The van der Waals surface area contributed by atoms with Crippen LogP contribution in [-0.4, -0.2) is 42.9 Å². The van der Waals surface area contributed by atoms with E-state index in [-0.39, 0.29) is 40.9 Å². The molecule has 1 aromatic rings. The Balaban J connectivity index is 0. The first kappa shape index (κ1) is 15.9. The van der Waals surface area contributed by atoms with E-state index in [0.717, 1.165) is 0 Å². The molecule has 9 nitrogen and oxygen atoms in total. The zero-order valence-electron chi connectivity index (χ0n) is 6.99. The molecule has 0 bridgehead atoms. The van der Waals surface area contributed by atoms with Gasteiger partial charge in [0.1, 0.15) is 0 Å². The van der Waals surface area contributed by atoms with Crippen LogP contribution >= 0.6 is 8.60 Å². The van der Waals surface area contributed by atoms with Crippen molar-refractivity contribution in [3.8, 4) is 0 Å². The Morgan fingerprint density at radius 3 is 1.21 bits per heavy atom. The van der Waals surface area contributed by atoms with Crippen molar-refractivity contribution >= 4 is 49.5 Å². The van der Waals surface area contributed by atoms with Crippen LogP contribution in [0.15, 0.2) is 0 Å². The second-order valence-electron chi connectivity index (χ2n) is 1.65. The van der Waals surface area contributed by atoms with Gasteiger partial charge in [-0.3, -0.25) is 0 Å². The Hall–Kier alpha value is -0.514. The van der Waals surface area contributed by atoms with E-state index >= 15 is 0 Å². The van der Waals surface area contributed by atoms with Crippen molar-refractivity contribution in [1.82, 2.24) is 15.0 Å². The van der Waals surface area contributed by atoms with E-state index in [2.05, 4.69) is 15.0 Å². The molecule has 74 valence electrons. The van der Waals surface area contributed by atoms with E-state index in [9.17, 15) is 0 Å². The van der Waals surface area contributed by atoms with Gasteiger partial charge in [-0.05, 0) is 0 Å². The molecular formula is C3H7MgN6O3P. The third-order valence-electron chi connectivity index (χ3n) is 0.687. The van der Waals surface area contributed by atoms with Gasteiger partial charge in [-0.15, -0.1) is 0 Å². The Morgan fingerprint density at radius 2 is 1.07 bits per heavy atom. The van der Waals surface area contributed by atoms with Crippen LogP contribution in [0, 0.1) is 0 Å². The first-order valence-electron chi connectivity index (χ1n) is 2.77. The summed E-state index contributed by atoms with van der Waals surface area (Å²) in [5.74, 6) is 0.125. The minimum absolute atomic E-state index is 0. The maximum Gasteiger partial charge on any atom is 2.00 e. The average molecular weight is 230 g/mol. The number of nitrogens with zero attached hydrogens (tertiary/aromatic N) is 3. The van der Waals surface area contributed by atoms with Gasteiger partial charge in [-0.25, -0.2) is 0 Å². The summed E-state index contributed by atoms with van der Waals surface area (Å²) < 4.78 is 0. The summed E-state index contributed by atoms with van der Waals surface area (Å²) >= 11 is 0. The number of aromatic nitrogens is 3. The fraction of sp³-hybridized carbons (Fsp3) is 0. The van der Waals surface area contributed by atoms with Crippen molar-refractivity contribution in [3.05, 3.63) is 0 Å². The summed E-state index contributed by atoms with van der Waals surface area (Å²) in [5.41, 5.74) is 15.4.